The van der Waals surface area contributed by atoms with Crippen molar-refractivity contribution in [1.82, 2.24) is 9.13 Å². The number of halogens is 2. The van der Waals surface area contributed by atoms with Crippen molar-refractivity contribution in [2.24, 2.45) is 0 Å². The van der Waals surface area contributed by atoms with Crippen LogP contribution in [0.3, 0.4) is 0 Å². The van der Waals surface area contributed by atoms with Crippen molar-refractivity contribution in [1.29, 1.82) is 0 Å². The third-order valence-corrected chi connectivity index (χ3v) is 5.70. The molecule has 1 saturated heterocycles. The number of ether oxygens (including phenoxy) is 1. The Balaban J connectivity index is 1.73. The van der Waals surface area contributed by atoms with Gasteiger partial charge in [0.15, 0.2) is 0 Å². The zero-order valence-electron chi connectivity index (χ0n) is 15.9. The lowest BCUT2D eigenvalue weighted by atomic mass is 10.2. The normalized spacial score (nSPS) is 16.1. The van der Waals surface area contributed by atoms with Gasteiger partial charge in [-0.05, 0) is 37.1 Å². The highest BCUT2D eigenvalue weighted by atomic mass is 35.5. The van der Waals surface area contributed by atoms with Gasteiger partial charge in [-0.2, -0.15) is 0 Å². The number of nitrogens with one attached hydrogen (secondary N) is 1. The summed E-state index contributed by atoms with van der Waals surface area (Å²) in [6, 6.07) is 11.6. The van der Waals surface area contributed by atoms with E-state index in [2.05, 4.69) is 5.32 Å². The van der Waals surface area contributed by atoms with Crippen LogP contribution in [-0.2, 0) is 22.6 Å². The minimum atomic E-state index is -0.561. The van der Waals surface area contributed by atoms with E-state index in [0.717, 1.165) is 17.4 Å². The molecule has 7 nitrogen and oxygen atoms in total. The number of para-hydroxylation sites is 2. The largest absolute Gasteiger partial charge is 0.376 e. The van der Waals surface area contributed by atoms with Crippen LogP contribution >= 0.6 is 23.2 Å². The maximum Gasteiger partial charge on any atom is 0.332 e. The molecule has 1 amide bonds. The molecule has 0 radical (unpaired) electrons. The minimum Gasteiger partial charge on any atom is -0.376 e. The average Bonchev–Trinajstić information content (AvgIpc) is 3.25. The third-order valence-electron chi connectivity index (χ3n) is 5.07. The van der Waals surface area contributed by atoms with Crippen LogP contribution in [0.15, 0.2) is 52.1 Å². The topological polar surface area (TPSA) is 82.3 Å². The number of carbonyl (C=O) groups is 1. The number of nitrogens with zero attached hydrogens (tertiary/aromatic N) is 2. The molecule has 1 aromatic heterocycles. The van der Waals surface area contributed by atoms with E-state index in [-0.39, 0.29) is 34.9 Å². The van der Waals surface area contributed by atoms with Crippen LogP contribution in [0.1, 0.15) is 12.8 Å². The smallest absolute Gasteiger partial charge is 0.332 e. The molecule has 0 aliphatic carbocycles. The molecule has 0 spiro atoms. The molecule has 1 N–H and O–H groups in total. The standard InChI is InChI=1S/C21H19Cl2N3O4/c22-15-7-3-8-16(23)19(15)24-18(27)12-25-17-9-2-1-6-14(17)20(28)26(21(25)29)11-13-5-4-10-30-13/h1-3,6-9,13H,4-5,10-12H2,(H,24,27). The fraction of sp³-hybridized carbons (Fsp3) is 0.286. The molecule has 9 heteroatoms. The number of amides is 1. The summed E-state index contributed by atoms with van der Waals surface area (Å²) in [7, 11) is 0. The molecule has 30 heavy (non-hydrogen) atoms. The molecule has 0 bridgehead atoms. The predicted octanol–water partition coefficient (Wildman–Crippen LogP) is 3.29. The van der Waals surface area contributed by atoms with Crippen LogP contribution < -0.4 is 16.6 Å². The summed E-state index contributed by atoms with van der Waals surface area (Å²) in [6.07, 6.45) is 1.48. The molecule has 2 heterocycles. The van der Waals surface area contributed by atoms with Gasteiger partial charge in [-0.1, -0.05) is 41.4 Å². The lowest BCUT2D eigenvalue weighted by molar-refractivity contribution is -0.116. The van der Waals surface area contributed by atoms with E-state index in [4.69, 9.17) is 27.9 Å². The van der Waals surface area contributed by atoms with Crippen LogP contribution in [0, 0.1) is 0 Å². The van der Waals surface area contributed by atoms with Gasteiger partial charge in [-0.3, -0.25) is 18.7 Å². The molecule has 1 aliphatic rings. The Labute approximate surface area is 181 Å². The Kier molecular flexibility index (Phi) is 5.94. The van der Waals surface area contributed by atoms with Gasteiger partial charge < -0.3 is 10.1 Å². The van der Waals surface area contributed by atoms with E-state index in [1.807, 2.05) is 0 Å². The monoisotopic (exact) mass is 447 g/mol. The summed E-state index contributed by atoms with van der Waals surface area (Å²) in [5.74, 6) is -0.487. The molecule has 1 fully saturated rings. The highest BCUT2D eigenvalue weighted by Gasteiger charge is 2.21. The van der Waals surface area contributed by atoms with Crippen LogP contribution in [0.25, 0.3) is 10.9 Å². The third kappa shape index (κ3) is 4.01. The number of hydrogen-bond donors (Lipinski definition) is 1. The molecule has 2 aromatic carbocycles. The Bertz CT molecular complexity index is 1210. The van der Waals surface area contributed by atoms with Gasteiger partial charge in [0.2, 0.25) is 5.91 Å². The number of aromatic nitrogens is 2. The number of fused-ring (bicyclic) bond motifs is 1. The Hall–Kier alpha value is -2.61. The summed E-state index contributed by atoms with van der Waals surface area (Å²) in [5, 5.41) is 3.59. The molecular weight excluding hydrogens is 429 g/mol. The van der Waals surface area contributed by atoms with Crippen molar-refractivity contribution in [3.8, 4) is 0 Å². The SMILES string of the molecule is O=C(Cn1c(=O)n(CC2CCCO2)c(=O)c2ccccc21)Nc1c(Cl)cccc1Cl. The van der Waals surface area contributed by atoms with Crippen molar-refractivity contribution in [2.75, 3.05) is 11.9 Å². The van der Waals surface area contributed by atoms with Gasteiger partial charge in [0, 0.05) is 6.61 Å². The summed E-state index contributed by atoms with van der Waals surface area (Å²) in [4.78, 5) is 38.8. The number of rotatable bonds is 5. The quantitative estimate of drug-likeness (QED) is 0.650. The first-order chi connectivity index (χ1) is 14.5. The summed E-state index contributed by atoms with van der Waals surface area (Å²) >= 11 is 12.2. The van der Waals surface area contributed by atoms with E-state index in [1.165, 1.54) is 4.57 Å². The van der Waals surface area contributed by atoms with E-state index < -0.39 is 17.2 Å². The fourth-order valence-electron chi connectivity index (χ4n) is 3.62. The molecule has 4 rings (SSSR count). The molecule has 1 atom stereocenters. The second kappa shape index (κ2) is 8.63. The van der Waals surface area contributed by atoms with Crippen LogP contribution in [0.5, 0.6) is 0 Å². The van der Waals surface area contributed by atoms with Crippen molar-refractivity contribution >= 4 is 45.7 Å². The van der Waals surface area contributed by atoms with Gasteiger partial charge in [0.05, 0.1) is 39.3 Å². The highest BCUT2D eigenvalue weighted by molar-refractivity contribution is 6.39. The van der Waals surface area contributed by atoms with Crippen molar-refractivity contribution in [3.05, 3.63) is 73.3 Å². The first-order valence-corrected chi connectivity index (χ1v) is 10.3. The lowest BCUT2D eigenvalue weighted by Gasteiger charge is -2.16. The van der Waals surface area contributed by atoms with Crippen LogP contribution in [0.2, 0.25) is 10.0 Å². The second-order valence-electron chi connectivity index (χ2n) is 7.08. The lowest BCUT2D eigenvalue weighted by Crippen LogP contribution is -2.43. The molecule has 3 aromatic rings. The Morgan fingerprint density at radius 1 is 1.07 bits per heavy atom. The Morgan fingerprint density at radius 3 is 2.50 bits per heavy atom. The number of benzene rings is 2. The van der Waals surface area contributed by atoms with Crippen molar-refractivity contribution in [3.63, 3.8) is 0 Å². The van der Waals surface area contributed by atoms with Gasteiger partial charge in [0.25, 0.3) is 5.56 Å². The summed E-state index contributed by atoms with van der Waals surface area (Å²) in [6.45, 7) is 0.468. The average molecular weight is 448 g/mol. The van der Waals surface area contributed by atoms with E-state index in [1.54, 1.807) is 42.5 Å². The van der Waals surface area contributed by atoms with Gasteiger partial charge in [-0.25, -0.2) is 4.79 Å². The highest BCUT2D eigenvalue weighted by Crippen LogP contribution is 2.29. The first-order valence-electron chi connectivity index (χ1n) is 9.53. The Morgan fingerprint density at radius 2 is 1.80 bits per heavy atom. The number of carbonyl (C=O) groups excluding carboxylic acids is 1. The summed E-state index contributed by atoms with van der Waals surface area (Å²) in [5.41, 5.74) is -0.293. The zero-order chi connectivity index (χ0) is 21.3. The fourth-order valence-corrected chi connectivity index (χ4v) is 4.11. The van der Waals surface area contributed by atoms with Crippen LogP contribution in [0.4, 0.5) is 5.69 Å². The minimum absolute atomic E-state index is 0.153. The molecule has 0 saturated carbocycles. The second-order valence-corrected chi connectivity index (χ2v) is 7.90. The van der Waals surface area contributed by atoms with Crippen molar-refractivity contribution in [2.45, 2.75) is 32.0 Å². The number of anilines is 1. The number of hydrogen-bond acceptors (Lipinski definition) is 4. The summed E-state index contributed by atoms with van der Waals surface area (Å²) < 4.78 is 8.02. The maximum absolute atomic E-state index is 13.2. The van der Waals surface area contributed by atoms with E-state index in [9.17, 15) is 14.4 Å². The van der Waals surface area contributed by atoms with Crippen molar-refractivity contribution < 1.29 is 9.53 Å². The molecule has 1 unspecified atom stereocenters. The zero-order valence-corrected chi connectivity index (χ0v) is 17.4. The van der Waals surface area contributed by atoms with Gasteiger partial charge >= 0.3 is 5.69 Å². The van der Waals surface area contributed by atoms with E-state index >= 15 is 0 Å². The maximum atomic E-state index is 13.2. The predicted molar refractivity (Wildman–Crippen MR) is 117 cm³/mol. The molecular formula is C21H19Cl2N3O4. The molecule has 1 aliphatic heterocycles. The van der Waals surface area contributed by atoms with Gasteiger partial charge in [-0.15, -0.1) is 0 Å². The first kappa shape index (κ1) is 20.7. The van der Waals surface area contributed by atoms with E-state index in [0.29, 0.717) is 17.5 Å². The molecule has 156 valence electrons. The van der Waals surface area contributed by atoms with Crippen LogP contribution in [-0.4, -0.2) is 27.8 Å². The van der Waals surface area contributed by atoms with Gasteiger partial charge in [0.1, 0.15) is 6.54 Å².